The number of carbonyl (C=O) groups is 1. The Morgan fingerprint density at radius 2 is 2.08 bits per heavy atom. The third-order valence-corrected chi connectivity index (χ3v) is 4.73. The predicted molar refractivity (Wildman–Crippen MR) is 84.3 cm³/mol. The first-order valence-corrected chi connectivity index (χ1v) is 8.46. The Kier molecular flexibility index (Phi) is 4.25. The largest absolute Gasteiger partial charge is 0.381 e. The van der Waals surface area contributed by atoms with Gasteiger partial charge in [-0.1, -0.05) is 11.2 Å². The number of hydrogen-bond donors (Lipinski definition) is 0. The summed E-state index contributed by atoms with van der Waals surface area (Å²) >= 11 is 0. The van der Waals surface area contributed by atoms with Gasteiger partial charge in [0.15, 0.2) is 5.82 Å². The molecule has 0 aliphatic carbocycles. The quantitative estimate of drug-likeness (QED) is 0.860. The first kappa shape index (κ1) is 15.3. The van der Waals surface area contributed by atoms with Crippen LogP contribution in [0.1, 0.15) is 59.8 Å². The summed E-state index contributed by atoms with van der Waals surface area (Å²) in [5.74, 6) is 1.49. The van der Waals surface area contributed by atoms with Gasteiger partial charge >= 0.3 is 0 Å². The lowest BCUT2D eigenvalue weighted by molar-refractivity contribution is 0.0704. The number of hydrogen-bond acceptors (Lipinski definition) is 6. The highest BCUT2D eigenvalue weighted by atomic mass is 16.5. The molecule has 2 fully saturated rings. The highest BCUT2D eigenvalue weighted by Gasteiger charge is 2.35. The molecule has 7 heteroatoms. The Morgan fingerprint density at radius 3 is 2.88 bits per heavy atom. The Balaban J connectivity index is 1.52. The molecule has 7 nitrogen and oxygen atoms in total. The van der Waals surface area contributed by atoms with Crippen LogP contribution in [0.2, 0.25) is 0 Å². The molecule has 0 spiro atoms. The van der Waals surface area contributed by atoms with Gasteiger partial charge in [0.05, 0.1) is 0 Å². The van der Waals surface area contributed by atoms with Crippen LogP contribution in [0.25, 0.3) is 0 Å². The van der Waals surface area contributed by atoms with E-state index in [-0.39, 0.29) is 17.9 Å². The average molecular weight is 328 g/mol. The van der Waals surface area contributed by atoms with Crippen LogP contribution in [0.5, 0.6) is 0 Å². The van der Waals surface area contributed by atoms with Crippen molar-refractivity contribution in [2.24, 2.45) is 0 Å². The summed E-state index contributed by atoms with van der Waals surface area (Å²) in [5.41, 5.74) is 0.452. The SMILES string of the molecule is O=C(c1ccccn1)N1CCCC1c1nc(C2CCOCC2)no1. The topological polar surface area (TPSA) is 81.4 Å². The van der Waals surface area contributed by atoms with Gasteiger partial charge in [0.2, 0.25) is 5.89 Å². The van der Waals surface area contributed by atoms with Crippen LogP contribution in [-0.2, 0) is 4.74 Å². The van der Waals surface area contributed by atoms with Crippen molar-refractivity contribution in [3.05, 3.63) is 41.8 Å². The average Bonchev–Trinajstić information content (AvgIpc) is 3.32. The van der Waals surface area contributed by atoms with Crippen molar-refractivity contribution in [1.82, 2.24) is 20.0 Å². The lowest BCUT2D eigenvalue weighted by atomic mass is 10.00. The van der Waals surface area contributed by atoms with E-state index in [9.17, 15) is 4.79 Å². The number of likely N-dealkylation sites (tertiary alicyclic amines) is 1. The normalized spacial score (nSPS) is 22.0. The predicted octanol–water partition coefficient (Wildman–Crippen LogP) is 2.34. The fraction of sp³-hybridized carbons (Fsp3) is 0.529. The maximum Gasteiger partial charge on any atom is 0.273 e. The van der Waals surface area contributed by atoms with Gasteiger partial charge in [0, 0.05) is 31.9 Å². The zero-order valence-corrected chi connectivity index (χ0v) is 13.4. The molecule has 1 atom stereocenters. The van der Waals surface area contributed by atoms with Gasteiger partial charge in [-0.05, 0) is 37.8 Å². The molecule has 1 amide bonds. The van der Waals surface area contributed by atoms with E-state index in [1.165, 1.54) is 0 Å². The third-order valence-electron chi connectivity index (χ3n) is 4.73. The lowest BCUT2D eigenvalue weighted by Gasteiger charge is -2.21. The van der Waals surface area contributed by atoms with Gasteiger partial charge in [-0.3, -0.25) is 9.78 Å². The molecule has 0 N–H and O–H groups in total. The molecule has 0 radical (unpaired) electrons. The first-order chi connectivity index (χ1) is 11.8. The molecular formula is C17H20N4O3. The van der Waals surface area contributed by atoms with Crippen molar-refractivity contribution in [3.63, 3.8) is 0 Å². The Hall–Kier alpha value is -2.28. The van der Waals surface area contributed by atoms with Crippen molar-refractivity contribution < 1.29 is 14.1 Å². The summed E-state index contributed by atoms with van der Waals surface area (Å²) in [6, 6.07) is 5.21. The monoisotopic (exact) mass is 328 g/mol. The number of aromatic nitrogens is 3. The fourth-order valence-corrected chi connectivity index (χ4v) is 3.41. The number of amides is 1. The molecule has 0 saturated carbocycles. The summed E-state index contributed by atoms with van der Waals surface area (Å²) in [5, 5.41) is 4.16. The van der Waals surface area contributed by atoms with Gasteiger partial charge in [-0.25, -0.2) is 0 Å². The van der Waals surface area contributed by atoms with Crippen LogP contribution in [0.3, 0.4) is 0 Å². The highest BCUT2D eigenvalue weighted by Crippen LogP contribution is 2.33. The summed E-state index contributed by atoms with van der Waals surface area (Å²) in [6.45, 7) is 2.17. The van der Waals surface area contributed by atoms with Crippen molar-refractivity contribution in [2.75, 3.05) is 19.8 Å². The number of pyridine rings is 1. The summed E-state index contributed by atoms with van der Waals surface area (Å²) in [6.07, 6.45) is 5.24. The summed E-state index contributed by atoms with van der Waals surface area (Å²) in [7, 11) is 0. The maximum atomic E-state index is 12.7. The van der Waals surface area contributed by atoms with Gasteiger partial charge < -0.3 is 14.2 Å². The first-order valence-electron chi connectivity index (χ1n) is 8.46. The smallest absolute Gasteiger partial charge is 0.273 e. The minimum atomic E-state index is -0.152. The second-order valence-corrected chi connectivity index (χ2v) is 6.25. The van der Waals surface area contributed by atoms with Gasteiger partial charge in [-0.2, -0.15) is 4.98 Å². The molecule has 24 heavy (non-hydrogen) atoms. The minimum absolute atomic E-state index is 0.0797. The minimum Gasteiger partial charge on any atom is -0.381 e. The van der Waals surface area contributed by atoms with E-state index in [1.54, 1.807) is 23.2 Å². The highest BCUT2D eigenvalue weighted by molar-refractivity contribution is 5.92. The number of nitrogens with zero attached hydrogens (tertiary/aromatic N) is 4. The number of rotatable bonds is 3. The zero-order chi connectivity index (χ0) is 16.4. The second-order valence-electron chi connectivity index (χ2n) is 6.25. The second kappa shape index (κ2) is 6.68. The molecule has 1 unspecified atom stereocenters. The van der Waals surface area contributed by atoms with Crippen molar-refractivity contribution in [3.8, 4) is 0 Å². The van der Waals surface area contributed by atoms with Crippen molar-refractivity contribution in [2.45, 2.75) is 37.6 Å². The molecule has 0 bridgehead atoms. The van der Waals surface area contributed by atoms with Gasteiger partial charge in [-0.15, -0.1) is 0 Å². The molecule has 2 saturated heterocycles. The third kappa shape index (κ3) is 2.91. The molecule has 0 aromatic carbocycles. The van der Waals surface area contributed by atoms with Gasteiger partial charge in [0.25, 0.3) is 5.91 Å². The molecule has 4 heterocycles. The van der Waals surface area contributed by atoms with E-state index in [2.05, 4.69) is 15.1 Å². The Bertz CT molecular complexity index is 697. The molecular weight excluding hydrogens is 308 g/mol. The van der Waals surface area contributed by atoms with E-state index in [0.717, 1.165) is 44.7 Å². The van der Waals surface area contributed by atoms with Crippen LogP contribution in [0.15, 0.2) is 28.9 Å². The van der Waals surface area contributed by atoms with E-state index in [0.29, 0.717) is 18.1 Å². The number of ether oxygens (including phenoxy) is 1. The molecule has 2 aliphatic heterocycles. The molecule has 2 aromatic heterocycles. The lowest BCUT2D eigenvalue weighted by Crippen LogP contribution is -2.31. The summed E-state index contributed by atoms with van der Waals surface area (Å²) in [4.78, 5) is 23.2. The van der Waals surface area contributed by atoms with Crippen molar-refractivity contribution >= 4 is 5.91 Å². The molecule has 2 aromatic rings. The van der Waals surface area contributed by atoms with Gasteiger partial charge in [0.1, 0.15) is 11.7 Å². The van der Waals surface area contributed by atoms with E-state index < -0.39 is 0 Å². The number of carbonyl (C=O) groups excluding carboxylic acids is 1. The van der Waals surface area contributed by atoms with E-state index in [4.69, 9.17) is 9.26 Å². The van der Waals surface area contributed by atoms with Crippen LogP contribution >= 0.6 is 0 Å². The van der Waals surface area contributed by atoms with Crippen LogP contribution < -0.4 is 0 Å². The Labute approximate surface area is 140 Å². The van der Waals surface area contributed by atoms with Crippen LogP contribution in [-0.4, -0.2) is 45.7 Å². The zero-order valence-electron chi connectivity index (χ0n) is 13.4. The van der Waals surface area contributed by atoms with E-state index in [1.807, 2.05) is 6.07 Å². The molecule has 126 valence electrons. The standard InChI is InChI=1S/C17H20N4O3/c22-17(13-4-1-2-8-18-13)21-9-3-5-14(21)16-19-15(20-24-16)12-6-10-23-11-7-12/h1-2,4,8,12,14H,3,5-7,9-11H2. The fourth-order valence-electron chi connectivity index (χ4n) is 3.41. The van der Waals surface area contributed by atoms with Crippen LogP contribution in [0.4, 0.5) is 0 Å². The maximum absolute atomic E-state index is 12.7. The molecule has 4 rings (SSSR count). The van der Waals surface area contributed by atoms with E-state index >= 15 is 0 Å². The summed E-state index contributed by atoms with van der Waals surface area (Å²) < 4.78 is 10.9. The molecule has 2 aliphatic rings. The Morgan fingerprint density at radius 1 is 1.21 bits per heavy atom. The van der Waals surface area contributed by atoms with Crippen molar-refractivity contribution in [1.29, 1.82) is 0 Å². The van der Waals surface area contributed by atoms with Crippen LogP contribution in [0, 0.1) is 0 Å².